The van der Waals surface area contributed by atoms with E-state index in [1.165, 1.54) is 57.8 Å². The van der Waals surface area contributed by atoms with E-state index in [9.17, 15) is 0 Å². The molecule has 0 aliphatic carbocycles. The van der Waals surface area contributed by atoms with Gasteiger partial charge in [-0.2, -0.15) is 0 Å². The van der Waals surface area contributed by atoms with Crippen LogP contribution in [0.5, 0.6) is 0 Å². The number of allylic oxidation sites excluding steroid dienone is 2. The monoisotopic (exact) mass is 240 g/mol. The van der Waals surface area contributed by atoms with Crippen LogP contribution in [0.1, 0.15) is 78.1 Å². The molecule has 0 bridgehead atoms. The van der Waals surface area contributed by atoms with Gasteiger partial charge in [0, 0.05) is 7.11 Å². The van der Waals surface area contributed by atoms with Gasteiger partial charge in [-0.25, -0.2) is 0 Å². The lowest BCUT2D eigenvalue weighted by molar-refractivity contribution is 0.0897. The minimum absolute atomic E-state index is 0.495. The van der Waals surface area contributed by atoms with E-state index in [1.54, 1.807) is 0 Å². The molecule has 0 fully saturated rings. The second-order valence-electron chi connectivity index (χ2n) is 4.84. The van der Waals surface area contributed by atoms with Gasteiger partial charge in [0.2, 0.25) is 0 Å². The second kappa shape index (κ2) is 13.8. The van der Waals surface area contributed by atoms with Gasteiger partial charge in [0.1, 0.15) is 0 Å². The molecular weight excluding hydrogens is 208 g/mol. The van der Waals surface area contributed by atoms with Crippen LogP contribution in [-0.4, -0.2) is 13.2 Å². The number of hydrogen-bond donors (Lipinski definition) is 0. The highest BCUT2D eigenvalue weighted by Crippen LogP contribution is 2.12. The van der Waals surface area contributed by atoms with Crippen molar-refractivity contribution in [1.82, 2.24) is 0 Å². The van der Waals surface area contributed by atoms with Gasteiger partial charge in [-0.3, -0.25) is 0 Å². The highest BCUT2D eigenvalue weighted by atomic mass is 16.5. The molecule has 0 amide bonds. The molecule has 0 heterocycles. The van der Waals surface area contributed by atoms with Crippen molar-refractivity contribution in [2.24, 2.45) is 0 Å². The fourth-order valence-corrected chi connectivity index (χ4v) is 2.11. The predicted molar refractivity (Wildman–Crippen MR) is 77.5 cm³/mol. The average Bonchev–Trinajstić information content (AvgIpc) is 2.36. The third-order valence-electron chi connectivity index (χ3n) is 3.34. The Kier molecular flexibility index (Phi) is 13.5. The van der Waals surface area contributed by atoms with E-state index in [2.05, 4.69) is 26.0 Å². The summed E-state index contributed by atoms with van der Waals surface area (Å²) >= 11 is 0. The molecule has 0 N–H and O–H groups in total. The maximum atomic E-state index is 5.37. The number of hydrogen-bond acceptors (Lipinski definition) is 1. The van der Waals surface area contributed by atoms with Crippen LogP contribution in [0.4, 0.5) is 0 Å². The molecule has 0 saturated carbocycles. The molecule has 17 heavy (non-hydrogen) atoms. The van der Waals surface area contributed by atoms with Crippen molar-refractivity contribution in [2.45, 2.75) is 84.2 Å². The summed E-state index contributed by atoms with van der Waals surface area (Å²) in [6.45, 7) is 4.40. The first-order valence-corrected chi connectivity index (χ1v) is 7.52. The average molecular weight is 240 g/mol. The number of rotatable bonds is 12. The molecule has 0 rings (SSSR count). The van der Waals surface area contributed by atoms with Crippen molar-refractivity contribution in [3.8, 4) is 0 Å². The minimum Gasteiger partial charge on any atom is -0.381 e. The van der Waals surface area contributed by atoms with Crippen molar-refractivity contribution >= 4 is 0 Å². The van der Waals surface area contributed by atoms with E-state index in [4.69, 9.17) is 4.74 Å². The summed E-state index contributed by atoms with van der Waals surface area (Å²) in [5.74, 6) is 0. The van der Waals surface area contributed by atoms with Gasteiger partial charge in [-0.05, 0) is 32.1 Å². The third-order valence-corrected chi connectivity index (χ3v) is 3.34. The Labute approximate surface area is 109 Å². The Morgan fingerprint density at radius 1 is 0.882 bits per heavy atom. The van der Waals surface area contributed by atoms with Gasteiger partial charge < -0.3 is 4.74 Å². The van der Waals surface area contributed by atoms with Gasteiger partial charge in [-0.1, -0.05) is 58.1 Å². The zero-order valence-corrected chi connectivity index (χ0v) is 12.2. The molecule has 0 aromatic rings. The van der Waals surface area contributed by atoms with Crippen molar-refractivity contribution in [3.63, 3.8) is 0 Å². The summed E-state index contributed by atoms with van der Waals surface area (Å²) in [4.78, 5) is 0. The highest BCUT2D eigenvalue weighted by Gasteiger charge is 2.02. The molecule has 0 aliphatic heterocycles. The Hall–Kier alpha value is -0.300. The molecule has 0 saturated heterocycles. The van der Waals surface area contributed by atoms with Crippen LogP contribution in [0.2, 0.25) is 0 Å². The van der Waals surface area contributed by atoms with E-state index in [-0.39, 0.29) is 0 Å². The van der Waals surface area contributed by atoms with Crippen molar-refractivity contribution in [2.75, 3.05) is 7.11 Å². The summed E-state index contributed by atoms with van der Waals surface area (Å²) in [5.41, 5.74) is 0. The van der Waals surface area contributed by atoms with Gasteiger partial charge in [0.25, 0.3) is 0 Å². The lowest BCUT2D eigenvalue weighted by Crippen LogP contribution is -2.08. The fourth-order valence-electron chi connectivity index (χ4n) is 2.11. The molecule has 1 heteroatoms. The smallest absolute Gasteiger partial charge is 0.0568 e. The van der Waals surface area contributed by atoms with E-state index in [0.717, 1.165) is 6.42 Å². The lowest BCUT2D eigenvalue weighted by Gasteiger charge is -2.11. The van der Waals surface area contributed by atoms with Crippen LogP contribution in [-0.2, 0) is 4.74 Å². The SMILES string of the molecule is CCC=CCCCCCCCCC(CC)OC. The topological polar surface area (TPSA) is 9.23 Å². The number of methoxy groups -OCH3 is 1. The van der Waals surface area contributed by atoms with Gasteiger partial charge in [0.05, 0.1) is 6.10 Å². The van der Waals surface area contributed by atoms with Crippen molar-refractivity contribution < 1.29 is 4.74 Å². The van der Waals surface area contributed by atoms with E-state index >= 15 is 0 Å². The standard InChI is InChI=1S/C16H32O/c1-4-6-7-8-9-10-11-12-13-14-15-16(5-2)17-3/h6-7,16H,4-5,8-15H2,1-3H3. The summed E-state index contributed by atoms with van der Waals surface area (Å²) in [7, 11) is 1.83. The largest absolute Gasteiger partial charge is 0.381 e. The predicted octanol–water partition coefficient (Wildman–Crippen LogP) is 5.50. The van der Waals surface area contributed by atoms with Crippen LogP contribution < -0.4 is 0 Å². The van der Waals surface area contributed by atoms with Crippen molar-refractivity contribution in [3.05, 3.63) is 12.2 Å². The molecule has 0 radical (unpaired) electrons. The number of ether oxygens (including phenoxy) is 1. The zero-order chi connectivity index (χ0) is 12.8. The molecule has 102 valence electrons. The molecule has 0 spiro atoms. The maximum Gasteiger partial charge on any atom is 0.0568 e. The Bertz CT molecular complexity index is 159. The molecule has 0 aliphatic rings. The maximum absolute atomic E-state index is 5.37. The second-order valence-corrected chi connectivity index (χ2v) is 4.84. The van der Waals surface area contributed by atoms with E-state index < -0.39 is 0 Å². The summed E-state index contributed by atoms with van der Waals surface area (Å²) in [6, 6.07) is 0. The Balaban J connectivity index is 3.10. The molecule has 1 unspecified atom stereocenters. The fraction of sp³-hybridized carbons (Fsp3) is 0.875. The summed E-state index contributed by atoms with van der Waals surface area (Å²) in [6.07, 6.45) is 18.2. The Morgan fingerprint density at radius 2 is 1.53 bits per heavy atom. The first-order chi connectivity index (χ1) is 8.35. The Morgan fingerprint density at radius 3 is 2.12 bits per heavy atom. The van der Waals surface area contributed by atoms with E-state index in [0.29, 0.717) is 6.10 Å². The van der Waals surface area contributed by atoms with E-state index in [1.807, 2.05) is 7.11 Å². The van der Waals surface area contributed by atoms with Crippen molar-refractivity contribution in [1.29, 1.82) is 0 Å². The van der Waals surface area contributed by atoms with Crippen LogP contribution in [0.15, 0.2) is 12.2 Å². The van der Waals surface area contributed by atoms with Gasteiger partial charge in [0.15, 0.2) is 0 Å². The highest BCUT2D eigenvalue weighted by molar-refractivity contribution is 4.79. The molecule has 0 aromatic heterocycles. The van der Waals surface area contributed by atoms with Gasteiger partial charge in [-0.15, -0.1) is 0 Å². The van der Waals surface area contributed by atoms with Crippen LogP contribution in [0.25, 0.3) is 0 Å². The van der Waals surface area contributed by atoms with Crippen LogP contribution in [0, 0.1) is 0 Å². The summed E-state index contributed by atoms with van der Waals surface area (Å²) < 4.78 is 5.37. The molecule has 1 nitrogen and oxygen atoms in total. The summed E-state index contributed by atoms with van der Waals surface area (Å²) in [5, 5.41) is 0. The first-order valence-electron chi connectivity index (χ1n) is 7.52. The quantitative estimate of drug-likeness (QED) is 0.323. The first kappa shape index (κ1) is 16.7. The third kappa shape index (κ3) is 12.0. The zero-order valence-electron chi connectivity index (χ0n) is 12.2. The minimum atomic E-state index is 0.495. The molecule has 1 atom stereocenters. The van der Waals surface area contributed by atoms with Crippen LogP contribution in [0.3, 0.4) is 0 Å². The number of unbranched alkanes of at least 4 members (excludes halogenated alkanes) is 6. The van der Waals surface area contributed by atoms with Gasteiger partial charge >= 0.3 is 0 Å². The molecular formula is C16H32O. The molecule has 0 aromatic carbocycles. The van der Waals surface area contributed by atoms with Crippen LogP contribution >= 0.6 is 0 Å². The lowest BCUT2D eigenvalue weighted by atomic mass is 10.1. The normalized spacial score (nSPS) is 13.4.